The molecule has 0 amide bonds. The van der Waals surface area contributed by atoms with Crippen LogP contribution >= 0.6 is 0 Å². The van der Waals surface area contributed by atoms with Gasteiger partial charge in [-0.15, -0.1) is 0 Å². The molecule has 4 aromatic rings. The van der Waals surface area contributed by atoms with Crippen LogP contribution in [-0.2, 0) is 23.2 Å². The van der Waals surface area contributed by atoms with Crippen LogP contribution in [0.2, 0.25) is 0 Å². The first kappa shape index (κ1) is 33.9. The number of hydrogen-bond acceptors (Lipinski definition) is 8. The number of ether oxygens (including phenoxy) is 4. The standard InChI is InChI=1S/C32H40N2O4.CH4O3S/c1-35-29-19-23(31(37-3)27-15-9-7-13-25(27)29)21-33-17-11-5-6-12-18-34-22-24-20-30(36-2)26-14-8-10-16-28(26)32(24)38-4;1-5(2,3)4/h7-10,13-16,19-20,33-34H,5-6,11-12,17-18,21-22H2,1-4H3;1H3,(H,2,3,4). The van der Waals surface area contributed by atoms with Crippen LogP contribution in [0.4, 0.5) is 0 Å². The summed E-state index contributed by atoms with van der Waals surface area (Å²) in [6, 6.07) is 20.6. The fourth-order valence-electron chi connectivity index (χ4n) is 5.12. The molecule has 0 heterocycles. The van der Waals surface area contributed by atoms with E-state index in [4.69, 9.17) is 23.5 Å². The average Bonchev–Trinajstić information content (AvgIpc) is 3.00. The summed E-state index contributed by atoms with van der Waals surface area (Å²) in [6.45, 7) is 3.45. The molecule has 0 saturated heterocycles. The van der Waals surface area contributed by atoms with Gasteiger partial charge in [0.05, 0.1) is 34.7 Å². The van der Waals surface area contributed by atoms with Crippen molar-refractivity contribution in [3.05, 3.63) is 71.8 Å². The second kappa shape index (κ2) is 16.9. The molecule has 0 atom stereocenters. The smallest absolute Gasteiger partial charge is 0.261 e. The van der Waals surface area contributed by atoms with Crippen molar-refractivity contribution < 1.29 is 31.9 Å². The highest BCUT2D eigenvalue weighted by atomic mass is 32.2. The highest BCUT2D eigenvalue weighted by Gasteiger charge is 2.14. The second-order valence-electron chi connectivity index (χ2n) is 10.1. The maximum atomic E-state index is 9.19. The third kappa shape index (κ3) is 10.00. The predicted octanol–water partition coefficient (Wildman–Crippen LogP) is 5.97. The van der Waals surface area contributed by atoms with Gasteiger partial charge in [0.25, 0.3) is 10.1 Å². The molecule has 234 valence electrons. The minimum atomic E-state index is -3.67. The minimum Gasteiger partial charge on any atom is -0.496 e. The van der Waals surface area contributed by atoms with Gasteiger partial charge in [0, 0.05) is 45.8 Å². The van der Waals surface area contributed by atoms with Crippen LogP contribution in [0.15, 0.2) is 60.7 Å². The number of fused-ring (bicyclic) bond motifs is 2. The van der Waals surface area contributed by atoms with E-state index in [2.05, 4.69) is 47.0 Å². The van der Waals surface area contributed by atoms with Crippen LogP contribution in [0, 0.1) is 0 Å². The Bertz CT molecular complexity index is 1460. The molecule has 10 heteroatoms. The number of unbranched alkanes of at least 4 members (excludes halogenated alkanes) is 3. The monoisotopic (exact) mass is 612 g/mol. The van der Waals surface area contributed by atoms with Crippen molar-refractivity contribution >= 4 is 31.7 Å². The van der Waals surface area contributed by atoms with E-state index < -0.39 is 10.1 Å². The normalized spacial score (nSPS) is 11.2. The Hall–Kier alpha value is -3.57. The Morgan fingerprint density at radius 3 is 1.28 bits per heavy atom. The Kier molecular flexibility index (Phi) is 13.3. The lowest BCUT2D eigenvalue weighted by molar-refractivity contribution is 0.404. The first-order valence-electron chi connectivity index (χ1n) is 14.3. The van der Waals surface area contributed by atoms with Crippen LogP contribution in [0.5, 0.6) is 23.0 Å². The third-order valence-corrected chi connectivity index (χ3v) is 7.00. The quantitative estimate of drug-likeness (QED) is 0.110. The molecule has 0 aliphatic carbocycles. The molecule has 0 aromatic heterocycles. The lowest BCUT2D eigenvalue weighted by Gasteiger charge is -2.16. The Morgan fingerprint density at radius 2 is 0.953 bits per heavy atom. The highest BCUT2D eigenvalue weighted by Crippen LogP contribution is 2.37. The summed E-state index contributed by atoms with van der Waals surface area (Å²) < 4.78 is 48.6. The van der Waals surface area contributed by atoms with E-state index in [1.165, 1.54) is 12.8 Å². The van der Waals surface area contributed by atoms with Gasteiger partial charge in [-0.2, -0.15) is 8.42 Å². The van der Waals surface area contributed by atoms with Crippen LogP contribution in [0.1, 0.15) is 36.8 Å². The van der Waals surface area contributed by atoms with Crippen molar-refractivity contribution in [3.8, 4) is 23.0 Å². The summed E-state index contributed by atoms with van der Waals surface area (Å²) in [6.07, 6.45) is 5.39. The van der Waals surface area contributed by atoms with E-state index in [0.29, 0.717) is 6.26 Å². The molecule has 3 N–H and O–H groups in total. The van der Waals surface area contributed by atoms with Gasteiger partial charge in [0.2, 0.25) is 0 Å². The van der Waals surface area contributed by atoms with E-state index in [1.807, 2.05) is 24.3 Å². The summed E-state index contributed by atoms with van der Waals surface area (Å²) in [4.78, 5) is 0. The summed E-state index contributed by atoms with van der Waals surface area (Å²) in [5, 5.41) is 11.5. The van der Waals surface area contributed by atoms with Gasteiger partial charge in [-0.05, 0) is 38.1 Å². The predicted molar refractivity (Wildman–Crippen MR) is 173 cm³/mol. The molecule has 0 saturated carbocycles. The lowest BCUT2D eigenvalue weighted by Crippen LogP contribution is -2.17. The molecule has 9 nitrogen and oxygen atoms in total. The summed E-state index contributed by atoms with van der Waals surface area (Å²) in [7, 11) is 3.24. The lowest BCUT2D eigenvalue weighted by atomic mass is 10.0. The highest BCUT2D eigenvalue weighted by molar-refractivity contribution is 7.85. The summed E-state index contributed by atoms with van der Waals surface area (Å²) in [5.74, 6) is 3.59. The fourth-order valence-corrected chi connectivity index (χ4v) is 5.12. The maximum absolute atomic E-state index is 9.19. The van der Waals surface area contributed by atoms with Gasteiger partial charge in [0.1, 0.15) is 23.0 Å². The first-order chi connectivity index (χ1) is 20.7. The third-order valence-electron chi connectivity index (χ3n) is 7.00. The molecule has 0 bridgehead atoms. The number of rotatable bonds is 15. The van der Waals surface area contributed by atoms with Gasteiger partial charge in [-0.1, -0.05) is 61.4 Å². The molecule has 43 heavy (non-hydrogen) atoms. The van der Waals surface area contributed by atoms with Gasteiger partial charge in [-0.25, -0.2) is 0 Å². The van der Waals surface area contributed by atoms with Crippen molar-refractivity contribution in [3.63, 3.8) is 0 Å². The molecule has 4 rings (SSSR count). The molecule has 0 spiro atoms. The van der Waals surface area contributed by atoms with E-state index >= 15 is 0 Å². The molecular formula is C33H44N2O7S. The zero-order valence-electron chi connectivity index (χ0n) is 25.7. The maximum Gasteiger partial charge on any atom is 0.261 e. The first-order valence-corrected chi connectivity index (χ1v) is 16.2. The van der Waals surface area contributed by atoms with E-state index in [-0.39, 0.29) is 0 Å². The second-order valence-corrected chi connectivity index (χ2v) is 11.6. The largest absolute Gasteiger partial charge is 0.496 e. The summed E-state index contributed by atoms with van der Waals surface area (Å²) >= 11 is 0. The fraction of sp³-hybridized carbons (Fsp3) is 0.394. The number of benzene rings is 4. The average molecular weight is 613 g/mol. The van der Waals surface area contributed by atoms with Gasteiger partial charge >= 0.3 is 0 Å². The van der Waals surface area contributed by atoms with Crippen molar-refractivity contribution in [2.24, 2.45) is 0 Å². The van der Waals surface area contributed by atoms with Crippen molar-refractivity contribution in [2.45, 2.75) is 38.8 Å². The number of nitrogens with one attached hydrogen (secondary N) is 2. The van der Waals surface area contributed by atoms with Crippen molar-refractivity contribution in [1.29, 1.82) is 0 Å². The molecule has 4 aromatic carbocycles. The molecule has 0 unspecified atom stereocenters. The van der Waals surface area contributed by atoms with E-state index in [0.717, 1.165) is 94.7 Å². The topological polar surface area (TPSA) is 115 Å². The number of hydrogen-bond donors (Lipinski definition) is 3. The summed E-state index contributed by atoms with van der Waals surface area (Å²) in [5.41, 5.74) is 2.24. The van der Waals surface area contributed by atoms with Crippen molar-refractivity contribution in [1.82, 2.24) is 10.6 Å². The van der Waals surface area contributed by atoms with Crippen molar-refractivity contribution in [2.75, 3.05) is 47.8 Å². The molecule has 0 aliphatic heterocycles. The van der Waals surface area contributed by atoms with E-state index in [9.17, 15) is 8.42 Å². The molecule has 0 aliphatic rings. The molecule has 0 fully saturated rings. The Labute approximate surface area is 255 Å². The minimum absolute atomic E-state index is 0.715. The van der Waals surface area contributed by atoms with Crippen LogP contribution < -0.4 is 29.6 Å². The van der Waals surface area contributed by atoms with Crippen LogP contribution in [0.3, 0.4) is 0 Å². The van der Waals surface area contributed by atoms with Gasteiger partial charge < -0.3 is 29.6 Å². The zero-order valence-corrected chi connectivity index (χ0v) is 26.6. The Balaban J connectivity index is 0.000000934. The SMILES string of the molecule is COc1cc(CNCCCCCCNCc2cc(OC)c3ccccc3c2OC)c(OC)c2ccccc12.CS(=O)(=O)O. The molecular weight excluding hydrogens is 568 g/mol. The van der Waals surface area contributed by atoms with Crippen LogP contribution in [0.25, 0.3) is 21.5 Å². The molecule has 0 radical (unpaired) electrons. The van der Waals surface area contributed by atoms with Gasteiger partial charge in [0.15, 0.2) is 0 Å². The zero-order chi connectivity index (χ0) is 31.2. The van der Waals surface area contributed by atoms with Crippen LogP contribution in [-0.4, -0.2) is 60.8 Å². The van der Waals surface area contributed by atoms with Gasteiger partial charge in [-0.3, -0.25) is 4.55 Å². The van der Waals surface area contributed by atoms with E-state index in [1.54, 1.807) is 28.4 Å². The number of methoxy groups -OCH3 is 4. The Morgan fingerprint density at radius 1 is 0.605 bits per heavy atom.